The molecule has 0 atom stereocenters. The van der Waals surface area contributed by atoms with Crippen molar-refractivity contribution in [2.24, 2.45) is 0 Å². The number of aromatic nitrogens is 1. The molecule has 1 aromatic heterocycles. The molecule has 1 N–H and O–H groups in total. The molecule has 0 fully saturated rings. The van der Waals surface area contributed by atoms with Crippen molar-refractivity contribution in [2.45, 2.75) is 26.3 Å². The molecule has 2 aromatic rings. The summed E-state index contributed by atoms with van der Waals surface area (Å²) >= 11 is 1.29. The van der Waals surface area contributed by atoms with E-state index in [2.05, 4.69) is 23.9 Å². The molecule has 0 amide bonds. The number of rotatable bonds is 7. The van der Waals surface area contributed by atoms with E-state index in [1.54, 1.807) is 7.11 Å². The number of hydrogen-bond acceptors (Lipinski definition) is 4. The summed E-state index contributed by atoms with van der Waals surface area (Å²) in [5.74, 6) is 0.796. The molecule has 0 saturated heterocycles. The molecule has 0 aliphatic carbocycles. The van der Waals surface area contributed by atoms with Gasteiger partial charge in [-0.15, -0.1) is 0 Å². The minimum Gasteiger partial charge on any atom is -0.497 e. The Kier molecular flexibility index (Phi) is 5.59. The van der Waals surface area contributed by atoms with Crippen LogP contribution in [0.4, 0.5) is 0 Å². The number of hydrogen-bond donors (Lipinski definition) is 1. The molecule has 1 aromatic carbocycles. The monoisotopic (exact) mass is 306 g/mol. The molecule has 0 bridgehead atoms. The zero-order valence-corrected chi connectivity index (χ0v) is 13.6. The highest BCUT2D eigenvalue weighted by Gasteiger charge is 2.12. The highest BCUT2D eigenvalue weighted by atomic mass is 32.1. The minimum absolute atomic E-state index is 0.00767. The third-order valence-corrected chi connectivity index (χ3v) is 4.25. The Labute approximate surface area is 129 Å². The highest BCUT2D eigenvalue weighted by molar-refractivity contribution is 7.09. The van der Waals surface area contributed by atoms with Crippen molar-refractivity contribution in [3.63, 3.8) is 0 Å². The molecule has 0 radical (unpaired) electrons. The second kappa shape index (κ2) is 7.43. The smallest absolute Gasteiger partial charge is 0.305 e. The fraction of sp³-hybridized carbons (Fsp3) is 0.438. The van der Waals surface area contributed by atoms with Gasteiger partial charge >= 0.3 is 4.87 Å². The lowest BCUT2D eigenvalue weighted by Gasteiger charge is -2.15. The summed E-state index contributed by atoms with van der Waals surface area (Å²) < 4.78 is 5.26. The molecule has 0 unspecified atom stereocenters. The molecule has 4 nitrogen and oxygen atoms in total. The summed E-state index contributed by atoms with van der Waals surface area (Å²) in [6.07, 6.45) is 2.35. The van der Waals surface area contributed by atoms with Crippen LogP contribution in [0.5, 0.6) is 5.75 Å². The van der Waals surface area contributed by atoms with Crippen molar-refractivity contribution in [3.8, 4) is 17.0 Å². The van der Waals surface area contributed by atoms with Crippen LogP contribution < -0.4 is 9.61 Å². The Morgan fingerprint density at radius 2 is 2.19 bits per heavy atom. The minimum atomic E-state index is -0.00767. The first kappa shape index (κ1) is 15.8. The summed E-state index contributed by atoms with van der Waals surface area (Å²) in [5, 5.41) is 0. The summed E-state index contributed by atoms with van der Waals surface area (Å²) in [5.41, 5.74) is 1.90. The molecule has 2 rings (SSSR count). The number of benzene rings is 1. The van der Waals surface area contributed by atoms with Crippen LogP contribution in [-0.2, 0) is 6.54 Å². The third-order valence-electron chi connectivity index (χ3n) is 3.39. The van der Waals surface area contributed by atoms with Crippen molar-refractivity contribution in [1.82, 2.24) is 9.88 Å². The van der Waals surface area contributed by atoms with Crippen LogP contribution in [0.3, 0.4) is 0 Å². The standard InChI is InChI=1S/C16H22N2O2S/c1-4-5-9-18(2)11-14-15(17-16(19)21-14)12-7-6-8-13(10-12)20-3/h6-8,10H,4-5,9,11H2,1-3H3,(H,17,19). The Hall–Kier alpha value is -1.59. The lowest BCUT2D eigenvalue weighted by atomic mass is 10.1. The first-order valence-electron chi connectivity index (χ1n) is 7.19. The van der Waals surface area contributed by atoms with Crippen molar-refractivity contribution in [2.75, 3.05) is 20.7 Å². The Morgan fingerprint density at radius 3 is 2.90 bits per heavy atom. The molecule has 1 heterocycles. The Bertz CT molecular complexity index is 633. The summed E-state index contributed by atoms with van der Waals surface area (Å²) in [6, 6.07) is 7.79. The van der Waals surface area contributed by atoms with Gasteiger partial charge in [-0.2, -0.15) is 0 Å². The SMILES string of the molecule is CCCCN(C)Cc1sc(=O)[nH]c1-c1cccc(OC)c1. The van der Waals surface area contributed by atoms with Crippen molar-refractivity contribution in [3.05, 3.63) is 38.8 Å². The second-order valence-corrected chi connectivity index (χ2v) is 6.20. The summed E-state index contributed by atoms with van der Waals surface area (Å²) in [6.45, 7) is 4.01. The fourth-order valence-electron chi connectivity index (χ4n) is 2.24. The van der Waals surface area contributed by atoms with Gasteiger partial charge in [-0.3, -0.25) is 4.79 Å². The highest BCUT2D eigenvalue weighted by Crippen LogP contribution is 2.27. The number of aromatic amines is 1. The molecule has 21 heavy (non-hydrogen) atoms. The Balaban J connectivity index is 2.25. The van der Waals surface area contributed by atoms with Crippen LogP contribution in [-0.4, -0.2) is 30.6 Å². The maximum absolute atomic E-state index is 11.7. The van der Waals surface area contributed by atoms with Gasteiger partial charge in [0.15, 0.2) is 0 Å². The van der Waals surface area contributed by atoms with Gasteiger partial charge in [0.2, 0.25) is 0 Å². The number of ether oxygens (including phenoxy) is 1. The average Bonchev–Trinajstić information content (AvgIpc) is 2.85. The number of nitrogens with zero attached hydrogens (tertiary/aromatic N) is 1. The third kappa shape index (κ3) is 4.19. The van der Waals surface area contributed by atoms with E-state index in [4.69, 9.17) is 4.74 Å². The van der Waals surface area contributed by atoms with Crippen LogP contribution in [0.2, 0.25) is 0 Å². The van der Waals surface area contributed by atoms with Gasteiger partial charge in [-0.05, 0) is 32.1 Å². The van der Waals surface area contributed by atoms with Crippen LogP contribution in [0.25, 0.3) is 11.3 Å². The van der Waals surface area contributed by atoms with E-state index >= 15 is 0 Å². The van der Waals surface area contributed by atoms with Gasteiger partial charge in [-0.1, -0.05) is 36.8 Å². The molecule has 5 heteroatoms. The predicted octanol–water partition coefficient (Wildman–Crippen LogP) is 3.34. The van der Waals surface area contributed by atoms with E-state index in [9.17, 15) is 4.79 Å². The molecular weight excluding hydrogens is 284 g/mol. The molecule has 0 aliphatic rings. The maximum Gasteiger partial charge on any atom is 0.305 e. The molecular formula is C16H22N2O2S. The quantitative estimate of drug-likeness (QED) is 0.853. The van der Waals surface area contributed by atoms with E-state index < -0.39 is 0 Å². The maximum atomic E-state index is 11.7. The van der Waals surface area contributed by atoms with E-state index in [0.717, 1.165) is 35.0 Å². The van der Waals surface area contributed by atoms with Gasteiger partial charge in [-0.25, -0.2) is 0 Å². The van der Waals surface area contributed by atoms with Crippen LogP contribution >= 0.6 is 11.3 Å². The van der Waals surface area contributed by atoms with Crippen LogP contribution in [0, 0.1) is 0 Å². The van der Waals surface area contributed by atoms with E-state index in [0.29, 0.717) is 0 Å². The second-order valence-electron chi connectivity index (χ2n) is 5.14. The summed E-state index contributed by atoms with van der Waals surface area (Å²) in [7, 11) is 3.74. The first-order chi connectivity index (χ1) is 10.1. The lowest BCUT2D eigenvalue weighted by molar-refractivity contribution is 0.324. The zero-order valence-electron chi connectivity index (χ0n) is 12.8. The Morgan fingerprint density at radius 1 is 1.38 bits per heavy atom. The van der Waals surface area contributed by atoms with E-state index in [1.165, 1.54) is 24.2 Å². The van der Waals surface area contributed by atoms with Crippen LogP contribution in [0.1, 0.15) is 24.6 Å². The topological polar surface area (TPSA) is 45.3 Å². The first-order valence-corrected chi connectivity index (χ1v) is 8.00. The van der Waals surface area contributed by atoms with Crippen molar-refractivity contribution in [1.29, 1.82) is 0 Å². The number of thiazole rings is 1. The molecule has 0 saturated carbocycles. The van der Waals surface area contributed by atoms with Gasteiger partial charge in [0.05, 0.1) is 12.8 Å². The fourth-order valence-corrected chi connectivity index (χ4v) is 3.17. The molecule has 114 valence electrons. The van der Waals surface area contributed by atoms with Crippen LogP contribution in [0.15, 0.2) is 29.1 Å². The zero-order chi connectivity index (χ0) is 15.2. The lowest BCUT2D eigenvalue weighted by Crippen LogP contribution is -2.18. The molecule has 0 aliphatic heterocycles. The van der Waals surface area contributed by atoms with Gasteiger partial charge < -0.3 is 14.6 Å². The number of H-pyrrole nitrogens is 1. The van der Waals surface area contributed by atoms with E-state index in [1.807, 2.05) is 24.3 Å². The number of unbranched alkanes of at least 4 members (excludes halogenated alkanes) is 1. The predicted molar refractivity (Wildman–Crippen MR) is 88.2 cm³/mol. The van der Waals surface area contributed by atoms with E-state index in [-0.39, 0.29) is 4.87 Å². The largest absolute Gasteiger partial charge is 0.497 e. The number of methoxy groups -OCH3 is 1. The van der Waals surface area contributed by atoms with Gasteiger partial charge in [0.25, 0.3) is 0 Å². The number of nitrogens with one attached hydrogen (secondary N) is 1. The molecule has 0 spiro atoms. The van der Waals surface area contributed by atoms with Gasteiger partial charge in [0, 0.05) is 17.0 Å². The van der Waals surface area contributed by atoms with Crippen molar-refractivity contribution < 1.29 is 4.74 Å². The van der Waals surface area contributed by atoms with Gasteiger partial charge in [0.1, 0.15) is 5.75 Å². The summed E-state index contributed by atoms with van der Waals surface area (Å²) in [4.78, 5) is 18.0. The average molecular weight is 306 g/mol. The normalized spacial score (nSPS) is 11.0. The van der Waals surface area contributed by atoms with Crippen molar-refractivity contribution >= 4 is 11.3 Å².